The van der Waals surface area contributed by atoms with Gasteiger partial charge < -0.3 is 9.64 Å². The first kappa shape index (κ1) is 13.8. The summed E-state index contributed by atoms with van der Waals surface area (Å²) in [7, 11) is 3.88. The molecule has 94 valence electrons. The molecule has 4 heteroatoms. The summed E-state index contributed by atoms with van der Waals surface area (Å²) in [6, 6.07) is 9.41. The van der Waals surface area contributed by atoms with Crippen LogP contribution >= 0.6 is 0 Å². The Labute approximate surface area is 107 Å². The van der Waals surface area contributed by atoms with Gasteiger partial charge in [-0.3, -0.25) is 0 Å². The lowest BCUT2D eigenvalue weighted by Crippen LogP contribution is -2.08. The van der Waals surface area contributed by atoms with Crippen molar-refractivity contribution in [2.45, 2.75) is 6.92 Å². The third kappa shape index (κ3) is 3.63. The summed E-state index contributed by atoms with van der Waals surface area (Å²) in [6.45, 7) is 2.03. The van der Waals surface area contributed by atoms with Crippen LogP contribution in [0.15, 0.2) is 30.3 Å². The Bertz CT molecular complexity index is 482. The van der Waals surface area contributed by atoms with Crippen molar-refractivity contribution >= 4 is 17.2 Å². The van der Waals surface area contributed by atoms with E-state index in [2.05, 4.69) is 0 Å². The van der Waals surface area contributed by atoms with Crippen LogP contribution in [-0.4, -0.2) is 26.7 Å². The molecule has 0 fully saturated rings. The molecule has 0 saturated heterocycles. The van der Waals surface area contributed by atoms with E-state index in [4.69, 9.17) is 10.00 Å². The molecule has 0 heterocycles. The molecule has 4 nitrogen and oxygen atoms in total. The zero-order valence-corrected chi connectivity index (χ0v) is 10.8. The minimum atomic E-state index is -0.495. The van der Waals surface area contributed by atoms with Crippen molar-refractivity contribution in [3.8, 4) is 6.07 Å². The minimum absolute atomic E-state index is 0.299. The predicted octanol–water partition coefficient (Wildman–Crippen LogP) is 2.22. The van der Waals surface area contributed by atoms with Crippen LogP contribution in [0.1, 0.15) is 12.5 Å². The first-order valence-electron chi connectivity index (χ1n) is 5.64. The largest absolute Gasteiger partial charge is 0.463 e. The first-order chi connectivity index (χ1) is 8.58. The fourth-order valence-electron chi connectivity index (χ4n) is 1.42. The first-order valence-corrected chi connectivity index (χ1v) is 5.64. The highest BCUT2D eigenvalue weighted by atomic mass is 16.5. The van der Waals surface area contributed by atoms with Crippen molar-refractivity contribution in [2.75, 3.05) is 25.6 Å². The van der Waals surface area contributed by atoms with E-state index in [1.807, 2.05) is 49.3 Å². The van der Waals surface area contributed by atoms with E-state index >= 15 is 0 Å². The third-order valence-electron chi connectivity index (χ3n) is 2.36. The highest BCUT2D eigenvalue weighted by Crippen LogP contribution is 2.18. The quantitative estimate of drug-likeness (QED) is 0.463. The third-order valence-corrected chi connectivity index (χ3v) is 2.36. The van der Waals surface area contributed by atoms with Crippen molar-refractivity contribution in [1.29, 1.82) is 5.26 Å². The van der Waals surface area contributed by atoms with Gasteiger partial charge in [-0.25, -0.2) is 4.79 Å². The molecule has 0 saturated carbocycles. The molecule has 0 aromatic heterocycles. The van der Waals surface area contributed by atoms with E-state index in [9.17, 15) is 4.79 Å². The van der Waals surface area contributed by atoms with Crippen LogP contribution in [0.4, 0.5) is 5.69 Å². The number of nitriles is 1. The van der Waals surface area contributed by atoms with Gasteiger partial charge in [0.15, 0.2) is 0 Å². The molecule has 0 atom stereocenters. The van der Waals surface area contributed by atoms with E-state index < -0.39 is 5.97 Å². The lowest BCUT2D eigenvalue weighted by Gasteiger charge is -2.12. The molecule has 18 heavy (non-hydrogen) atoms. The summed E-state index contributed by atoms with van der Waals surface area (Å²) in [4.78, 5) is 13.3. The highest BCUT2D eigenvalue weighted by molar-refractivity contribution is 5.95. The van der Waals surface area contributed by atoms with Gasteiger partial charge in [0.05, 0.1) is 12.2 Å². The Hall–Kier alpha value is -2.28. The van der Waals surface area contributed by atoms with Crippen molar-refractivity contribution in [3.05, 3.63) is 35.9 Å². The predicted molar refractivity (Wildman–Crippen MR) is 71.0 cm³/mol. The number of hydrogen-bond donors (Lipinski definition) is 0. The maximum absolute atomic E-state index is 11.3. The number of nitrogens with zero attached hydrogens (tertiary/aromatic N) is 2. The van der Waals surface area contributed by atoms with Crippen LogP contribution in [-0.2, 0) is 9.53 Å². The van der Waals surface area contributed by atoms with E-state index in [0.29, 0.717) is 17.7 Å². The zero-order chi connectivity index (χ0) is 13.5. The molecular formula is C14H16N2O2. The highest BCUT2D eigenvalue weighted by Gasteiger charge is 2.05. The standard InChI is InChI=1S/C14H16N2O2/c1-4-18-14(17)9-12(10-15)11-5-7-13(8-6-11)16(2)3/h5-9H,4H2,1-3H3. The number of esters is 1. The summed E-state index contributed by atoms with van der Waals surface area (Å²) < 4.78 is 4.78. The lowest BCUT2D eigenvalue weighted by atomic mass is 10.1. The molecule has 0 radical (unpaired) electrons. The van der Waals surface area contributed by atoms with E-state index in [1.54, 1.807) is 6.92 Å². The molecule has 0 unspecified atom stereocenters. The second-order valence-corrected chi connectivity index (χ2v) is 3.86. The Morgan fingerprint density at radius 1 is 1.39 bits per heavy atom. The summed E-state index contributed by atoms with van der Waals surface area (Å²) in [5.74, 6) is -0.495. The number of rotatable bonds is 4. The molecule has 0 amide bonds. The summed E-state index contributed by atoms with van der Waals surface area (Å²) in [5, 5.41) is 9.04. The number of benzene rings is 1. The van der Waals surface area contributed by atoms with E-state index in [0.717, 1.165) is 5.69 Å². The van der Waals surface area contributed by atoms with E-state index in [-0.39, 0.29) is 0 Å². The molecule has 0 aliphatic rings. The van der Waals surface area contributed by atoms with Gasteiger partial charge in [-0.15, -0.1) is 0 Å². The number of carbonyl (C=O) groups is 1. The Kier molecular flexibility index (Phi) is 4.94. The lowest BCUT2D eigenvalue weighted by molar-refractivity contribution is -0.137. The van der Waals surface area contributed by atoms with Gasteiger partial charge >= 0.3 is 5.97 Å². The molecule has 1 aromatic rings. The molecule has 1 aromatic carbocycles. The fourth-order valence-corrected chi connectivity index (χ4v) is 1.42. The number of ether oxygens (including phenoxy) is 1. The number of anilines is 1. The molecule has 1 rings (SSSR count). The van der Waals surface area contributed by atoms with Crippen LogP contribution < -0.4 is 4.90 Å². The molecule has 0 N–H and O–H groups in total. The zero-order valence-electron chi connectivity index (χ0n) is 10.8. The number of carbonyl (C=O) groups excluding carboxylic acids is 1. The smallest absolute Gasteiger partial charge is 0.332 e. The number of allylic oxidation sites excluding steroid dienone is 1. The van der Waals surface area contributed by atoms with Crippen molar-refractivity contribution < 1.29 is 9.53 Å². The van der Waals surface area contributed by atoms with Crippen molar-refractivity contribution in [3.63, 3.8) is 0 Å². The second kappa shape index (κ2) is 6.45. The molecule has 0 bridgehead atoms. The van der Waals surface area contributed by atoms with Crippen LogP contribution in [0.5, 0.6) is 0 Å². The molecular weight excluding hydrogens is 228 g/mol. The van der Waals surface area contributed by atoms with E-state index in [1.165, 1.54) is 6.08 Å². The van der Waals surface area contributed by atoms with Crippen molar-refractivity contribution in [2.24, 2.45) is 0 Å². The SMILES string of the molecule is CCOC(=O)C=C(C#N)c1ccc(N(C)C)cc1. The molecule has 0 spiro atoms. The van der Waals surface area contributed by atoms with Crippen LogP contribution in [0, 0.1) is 11.3 Å². The monoisotopic (exact) mass is 244 g/mol. The topological polar surface area (TPSA) is 53.3 Å². The average molecular weight is 244 g/mol. The maximum Gasteiger partial charge on any atom is 0.332 e. The van der Waals surface area contributed by atoms with Crippen molar-refractivity contribution in [1.82, 2.24) is 0 Å². The fraction of sp³-hybridized carbons (Fsp3) is 0.286. The van der Waals surface area contributed by atoms with Crippen LogP contribution in [0.25, 0.3) is 5.57 Å². The summed E-state index contributed by atoms with van der Waals surface area (Å²) in [6.07, 6.45) is 1.22. The van der Waals surface area contributed by atoms with Crippen LogP contribution in [0.3, 0.4) is 0 Å². The second-order valence-electron chi connectivity index (χ2n) is 3.86. The van der Waals surface area contributed by atoms with Gasteiger partial charge in [0.2, 0.25) is 0 Å². The normalized spacial score (nSPS) is 10.7. The van der Waals surface area contributed by atoms with Gasteiger partial charge in [-0.2, -0.15) is 5.26 Å². The van der Waals surface area contributed by atoms with Gasteiger partial charge in [-0.05, 0) is 24.6 Å². The Balaban J connectivity index is 2.96. The maximum atomic E-state index is 11.3. The molecule has 0 aliphatic carbocycles. The van der Waals surface area contributed by atoms with Gasteiger partial charge in [0.25, 0.3) is 0 Å². The van der Waals surface area contributed by atoms with Gasteiger partial charge in [-0.1, -0.05) is 12.1 Å². The van der Waals surface area contributed by atoms with Crippen LogP contribution in [0.2, 0.25) is 0 Å². The van der Waals surface area contributed by atoms with Gasteiger partial charge in [0, 0.05) is 25.9 Å². The van der Waals surface area contributed by atoms with Gasteiger partial charge in [0.1, 0.15) is 6.07 Å². The molecule has 0 aliphatic heterocycles. The Morgan fingerprint density at radius 2 is 2.00 bits per heavy atom. The summed E-state index contributed by atoms with van der Waals surface area (Å²) in [5.41, 5.74) is 2.04. The summed E-state index contributed by atoms with van der Waals surface area (Å²) >= 11 is 0. The minimum Gasteiger partial charge on any atom is -0.463 e. The Morgan fingerprint density at radius 3 is 2.44 bits per heavy atom. The average Bonchev–Trinajstić information content (AvgIpc) is 2.36. The number of hydrogen-bond acceptors (Lipinski definition) is 4.